The molecule has 1 fully saturated rings. The van der Waals surface area contributed by atoms with Crippen LogP contribution in [0.5, 0.6) is 0 Å². The maximum Gasteiger partial charge on any atom is 0.191 e. The second-order valence-electron chi connectivity index (χ2n) is 6.75. The first kappa shape index (κ1) is 21.7. The Hall–Kier alpha value is -0.340. The molecule has 5 nitrogen and oxygen atoms in total. The lowest BCUT2D eigenvalue weighted by molar-refractivity contribution is 0.153. The number of aliphatic imine (C=N–C) groups is 1. The van der Waals surface area contributed by atoms with Crippen LogP contribution in [0, 0.1) is 0 Å². The maximum atomic E-state index is 5.35. The van der Waals surface area contributed by atoms with Gasteiger partial charge in [-0.05, 0) is 46.5 Å². The van der Waals surface area contributed by atoms with Crippen molar-refractivity contribution in [2.75, 3.05) is 39.4 Å². The first-order valence-electron chi connectivity index (χ1n) is 9.23. The molecule has 0 aromatic rings. The fraction of sp³-hybridized carbons (Fsp3) is 0.833. The molecule has 0 saturated carbocycles. The van der Waals surface area contributed by atoms with E-state index in [0.29, 0.717) is 12.1 Å². The van der Waals surface area contributed by atoms with Gasteiger partial charge in [-0.25, -0.2) is 0 Å². The summed E-state index contributed by atoms with van der Waals surface area (Å²) < 4.78 is 5.35. The summed E-state index contributed by atoms with van der Waals surface area (Å²) >= 11 is 0. The van der Waals surface area contributed by atoms with Crippen molar-refractivity contribution in [3.8, 4) is 0 Å². The predicted molar refractivity (Wildman–Crippen MR) is 112 cm³/mol. The van der Waals surface area contributed by atoms with Crippen molar-refractivity contribution in [1.29, 1.82) is 0 Å². The van der Waals surface area contributed by atoms with Gasteiger partial charge >= 0.3 is 0 Å². The van der Waals surface area contributed by atoms with Crippen molar-refractivity contribution in [2.24, 2.45) is 4.99 Å². The molecule has 0 amide bonds. The highest BCUT2D eigenvalue weighted by Gasteiger charge is 2.21. The van der Waals surface area contributed by atoms with Crippen molar-refractivity contribution in [3.63, 3.8) is 0 Å². The highest BCUT2D eigenvalue weighted by atomic mass is 127. The number of nitrogens with zero attached hydrogens (tertiary/aromatic N) is 2. The summed E-state index contributed by atoms with van der Waals surface area (Å²) in [5, 5.41) is 7.00. The fourth-order valence-electron chi connectivity index (χ4n) is 3.18. The smallest absolute Gasteiger partial charge is 0.191 e. The van der Waals surface area contributed by atoms with Gasteiger partial charge < -0.3 is 20.3 Å². The van der Waals surface area contributed by atoms with Crippen LogP contribution in [0.15, 0.2) is 16.6 Å². The van der Waals surface area contributed by atoms with Gasteiger partial charge in [0.1, 0.15) is 0 Å². The molecule has 6 heteroatoms. The van der Waals surface area contributed by atoms with E-state index in [1.165, 1.54) is 31.5 Å². The number of piperidine rings is 1. The lowest BCUT2D eigenvalue weighted by Gasteiger charge is -2.35. The molecule has 2 N–H and O–H groups in total. The van der Waals surface area contributed by atoms with E-state index in [-0.39, 0.29) is 24.0 Å². The summed E-state index contributed by atoms with van der Waals surface area (Å²) in [5.41, 5.74) is 1.49. The Morgan fingerprint density at radius 2 is 2.12 bits per heavy atom. The molecule has 0 bridgehead atoms. The summed E-state index contributed by atoms with van der Waals surface area (Å²) in [7, 11) is 0. The molecule has 24 heavy (non-hydrogen) atoms. The topological polar surface area (TPSA) is 48.9 Å². The Morgan fingerprint density at radius 3 is 2.71 bits per heavy atom. The lowest BCUT2D eigenvalue weighted by Crippen LogP contribution is -2.49. The number of likely N-dealkylation sites (tertiary alicyclic amines) is 1. The summed E-state index contributed by atoms with van der Waals surface area (Å²) in [5.74, 6) is 0.975. The SMILES string of the molecule is CCNC(=NCCC1=CCOCC1)NC1CCN(C(C)C)CC1.I. The van der Waals surface area contributed by atoms with Crippen molar-refractivity contribution in [2.45, 2.75) is 58.5 Å². The third kappa shape index (κ3) is 7.70. The summed E-state index contributed by atoms with van der Waals surface area (Å²) in [6.07, 6.45) is 6.72. The number of ether oxygens (including phenoxy) is 1. The van der Waals surface area contributed by atoms with Crippen molar-refractivity contribution in [1.82, 2.24) is 15.5 Å². The molecular weight excluding hydrogens is 415 g/mol. The lowest BCUT2D eigenvalue weighted by atomic mass is 10.0. The van der Waals surface area contributed by atoms with Gasteiger partial charge in [0.05, 0.1) is 13.2 Å². The van der Waals surface area contributed by atoms with Crippen LogP contribution in [0.4, 0.5) is 0 Å². The van der Waals surface area contributed by atoms with Crippen LogP contribution >= 0.6 is 24.0 Å². The average molecular weight is 450 g/mol. The van der Waals surface area contributed by atoms with Crippen LogP contribution in [0.2, 0.25) is 0 Å². The third-order valence-electron chi connectivity index (χ3n) is 4.71. The van der Waals surface area contributed by atoms with Crippen LogP contribution in [0.1, 0.15) is 46.5 Å². The molecule has 0 aromatic carbocycles. The van der Waals surface area contributed by atoms with E-state index in [2.05, 4.69) is 42.4 Å². The van der Waals surface area contributed by atoms with Gasteiger partial charge in [-0.2, -0.15) is 0 Å². The van der Waals surface area contributed by atoms with Gasteiger partial charge in [0.25, 0.3) is 0 Å². The second-order valence-corrected chi connectivity index (χ2v) is 6.75. The standard InChI is InChI=1S/C18H34N4O.HI/c1-4-19-18(20-10-5-16-8-13-23-14-9-16)21-17-6-11-22(12-7-17)15(2)3;/h8,15,17H,4-7,9-14H2,1-3H3,(H2,19,20,21);1H. The number of guanidine groups is 1. The van der Waals surface area contributed by atoms with Crippen molar-refractivity contribution < 1.29 is 4.74 Å². The normalized spacial score (nSPS) is 20.5. The third-order valence-corrected chi connectivity index (χ3v) is 4.71. The number of hydrogen-bond donors (Lipinski definition) is 2. The van der Waals surface area contributed by atoms with E-state index in [9.17, 15) is 0 Å². The van der Waals surface area contributed by atoms with Gasteiger partial charge in [-0.15, -0.1) is 24.0 Å². The molecule has 140 valence electrons. The van der Waals surface area contributed by atoms with Crippen LogP contribution in [-0.2, 0) is 4.74 Å². The summed E-state index contributed by atoms with van der Waals surface area (Å²) in [4.78, 5) is 7.31. The van der Waals surface area contributed by atoms with Crippen molar-refractivity contribution in [3.05, 3.63) is 11.6 Å². The first-order chi connectivity index (χ1) is 11.2. The first-order valence-corrected chi connectivity index (χ1v) is 9.23. The van der Waals surface area contributed by atoms with Crippen LogP contribution in [-0.4, -0.2) is 62.3 Å². The molecule has 2 rings (SSSR count). The predicted octanol–water partition coefficient (Wildman–Crippen LogP) is 2.77. The highest BCUT2D eigenvalue weighted by Crippen LogP contribution is 2.13. The van der Waals surface area contributed by atoms with E-state index in [4.69, 9.17) is 9.73 Å². The molecule has 0 atom stereocenters. The monoisotopic (exact) mass is 450 g/mol. The average Bonchev–Trinajstić information content (AvgIpc) is 2.56. The minimum atomic E-state index is 0. The van der Waals surface area contributed by atoms with Gasteiger partial charge in [-0.3, -0.25) is 4.99 Å². The van der Waals surface area contributed by atoms with Crippen molar-refractivity contribution >= 4 is 29.9 Å². The summed E-state index contributed by atoms with van der Waals surface area (Å²) in [6.45, 7) is 12.4. The van der Waals surface area contributed by atoms with Gasteiger partial charge in [0.15, 0.2) is 5.96 Å². The van der Waals surface area contributed by atoms with Crippen LogP contribution in [0.3, 0.4) is 0 Å². The Morgan fingerprint density at radius 1 is 1.38 bits per heavy atom. The van der Waals surface area contributed by atoms with Crippen LogP contribution in [0.25, 0.3) is 0 Å². The Balaban J connectivity index is 0.00000288. The van der Waals surface area contributed by atoms with E-state index < -0.39 is 0 Å². The zero-order valence-corrected chi connectivity index (χ0v) is 17.8. The van der Waals surface area contributed by atoms with E-state index in [1.54, 1.807) is 0 Å². The molecular formula is C18H35IN4O. The quantitative estimate of drug-likeness (QED) is 0.283. The minimum Gasteiger partial charge on any atom is -0.377 e. The molecule has 2 aliphatic heterocycles. The molecule has 0 unspecified atom stereocenters. The van der Waals surface area contributed by atoms with Gasteiger partial charge in [-0.1, -0.05) is 11.6 Å². The summed E-state index contributed by atoms with van der Waals surface area (Å²) in [6, 6.07) is 1.20. The molecule has 0 aliphatic carbocycles. The zero-order valence-electron chi connectivity index (χ0n) is 15.5. The number of halogens is 1. The molecule has 0 radical (unpaired) electrons. The Bertz CT molecular complexity index is 404. The molecule has 2 heterocycles. The minimum absolute atomic E-state index is 0. The van der Waals surface area contributed by atoms with Crippen LogP contribution < -0.4 is 10.6 Å². The molecule has 2 aliphatic rings. The largest absolute Gasteiger partial charge is 0.377 e. The molecule has 0 aromatic heterocycles. The van der Waals surface area contributed by atoms with Gasteiger partial charge in [0.2, 0.25) is 0 Å². The van der Waals surface area contributed by atoms with E-state index in [1.807, 2.05) is 0 Å². The molecule has 0 spiro atoms. The zero-order chi connectivity index (χ0) is 16.5. The Labute approximate surface area is 164 Å². The maximum absolute atomic E-state index is 5.35. The van der Waals surface area contributed by atoms with E-state index >= 15 is 0 Å². The fourth-order valence-corrected chi connectivity index (χ4v) is 3.18. The number of nitrogens with one attached hydrogen (secondary N) is 2. The second kappa shape index (κ2) is 12.1. The number of rotatable bonds is 6. The number of hydrogen-bond acceptors (Lipinski definition) is 3. The Kier molecular flexibility index (Phi) is 10.9. The van der Waals surface area contributed by atoms with Gasteiger partial charge in [0, 0.05) is 38.3 Å². The molecule has 1 saturated heterocycles. The van der Waals surface area contributed by atoms with E-state index in [0.717, 1.165) is 45.1 Å². The highest BCUT2D eigenvalue weighted by molar-refractivity contribution is 14.0.